The zero-order chi connectivity index (χ0) is 7.03. The van der Waals surface area contributed by atoms with E-state index in [-0.39, 0.29) is 12.4 Å². The summed E-state index contributed by atoms with van der Waals surface area (Å²) in [5, 5.41) is 0. The first-order chi connectivity index (χ1) is 4.81. The van der Waals surface area contributed by atoms with Crippen molar-refractivity contribution in [2.45, 2.75) is 50.5 Å². The zero-order valence-electron chi connectivity index (χ0n) is 7.01. The van der Waals surface area contributed by atoms with Crippen LogP contribution >= 0.6 is 12.4 Å². The fourth-order valence-electron chi connectivity index (χ4n) is 2.49. The lowest BCUT2D eigenvalue weighted by molar-refractivity contribution is 0.155. The Bertz CT molecular complexity index is 126. The Morgan fingerprint density at radius 3 is 1.91 bits per heavy atom. The summed E-state index contributed by atoms with van der Waals surface area (Å²) in [6, 6.07) is 0. The maximum atomic E-state index is 6.21. The minimum absolute atomic E-state index is 0. The number of rotatable bonds is 1. The van der Waals surface area contributed by atoms with Crippen molar-refractivity contribution < 1.29 is 0 Å². The average molecular weight is 176 g/mol. The van der Waals surface area contributed by atoms with E-state index in [0.29, 0.717) is 5.54 Å². The van der Waals surface area contributed by atoms with Crippen LogP contribution in [0.5, 0.6) is 0 Å². The van der Waals surface area contributed by atoms with Crippen LogP contribution in [-0.2, 0) is 0 Å². The van der Waals surface area contributed by atoms with Gasteiger partial charge in [-0.15, -0.1) is 12.4 Å². The van der Waals surface area contributed by atoms with E-state index in [2.05, 4.69) is 0 Å². The van der Waals surface area contributed by atoms with E-state index in [1.807, 2.05) is 0 Å². The largest absolute Gasteiger partial charge is 0.325 e. The number of hydrogen-bond acceptors (Lipinski definition) is 1. The highest BCUT2D eigenvalue weighted by molar-refractivity contribution is 5.85. The molecule has 0 unspecified atom stereocenters. The quantitative estimate of drug-likeness (QED) is 0.651. The van der Waals surface area contributed by atoms with E-state index in [4.69, 9.17) is 5.73 Å². The molecule has 0 heterocycles. The van der Waals surface area contributed by atoms with Crippen LogP contribution in [0.3, 0.4) is 0 Å². The van der Waals surface area contributed by atoms with Gasteiger partial charge in [0.05, 0.1) is 0 Å². The fraction of sp³-hybridized carbons (Fsp3) is 1.00. The summed E-state index contributed by atoms with van der Waals surface area (Å²) in [4.78, 5) is 0. The fourth-order valence-corrected chi connectivity index (χ4v) is 2.49. The molecule has 11 heavy (non-hydrogen) atoms. The molecule has 66 valence electrons. The summed E-state index contributed by atoms with van der Waals surface area (Å²) in [6.45, 7) is 0. The Morgan fingerprint density at radius 2 is 1.55 bits per heavy atom. The molecule has 0 radical (unpaired) electrons. The topological polar surface area (TPSA) is 26.0 Å². The van der Waals surface area contributed by atoms with Crippen LogP contribution in [-0.4, -0.2) is 5.54 Å². The Kier molecular flexibility index (Phi) is 2.82. The van der Waals surface area contributed by atoms with Gasteiger partial charge >= 0.3 is 0 Å². The second-order valence-corrected chi connectivity index (χ2v) is 4.07. The van der Waals surface area contributed by atoms with Gasteiger partial charge in [-0.05, 0) is 38.0 Å². The molecule has 0 spiro atoms. The molecule has 0 bridgehead atoms. The molecule has 0 aliphatic heterocycles. The van der Waals surface area contributed by atoms with Gasteiger partial charge in [0.2, 0.25) is 0 Å². The molecule has 0 aromatic heterocycles. The monoisotopic (exact) mass is 175 g/mol. The number of hydrogen-bond donors (Lipinski definition) is 1. The van der Waals surface area contributed by atoms with Gasteiger partial charge in [-0.3, -0.25) is 0 Å². The van der Waals surface area contributed by atoms with Gasteiger partial charge in [0.15, 0.2) is 0 Å². The smallest absolute Gasteiger partial charge is 0.0182 e. The second-order valence-electron chi connectivity index (χ2n) is 4.07. The Hall–Kier alpha value is 0.250. The molecule has 2 fully saturated rings. The highest BCUT2D eigenvalue weighted by atomic mass is 35.5. The molecule has 2 rings (SSSR count). The van der Waals surface area contributed by atoms with Crippen molar-refractivity contribution in [2.75, 3.05) is 0 Å². The van der Waals surface area contributed by atoms with E-state index in [0.717, 1.165) is 5.92 Å². The predicted octanol–water partition coefficient (Wildman–Crippen LogP) is 2.48. The normalized spacial score (nSPS) is 29.2. The maximum absolute atomic E-state index is 6.21. The van der Waals surface area contributed by atoms with Crippen molar-refractivity contribution in [3.8, 4) is 0 Å². The van der Waals surface area contributed by atoms with E-state index in [1.165, 1.54) is 44.9 Å². The lowest BCUT2D eigenvalue weighted by Gasteiger charge is -2.43. The molecular weight excluding hydrogens is 158 g/mol. The van der Waals surface area contributed by atoms with Crippen LogP contribution in [0.25, 0.3) is 0 Å². The first kappa shape index (κ1) is 9.34. The maximum Gasteiger partial charge on any atom is 0.0182 e. The third-order valence-corrected chi connectivity index (χ3v) is 3.45. The van der Waals surface area contributed by atoms with Gasteiger partial charge in [0.25, 0.3) is 0 Å². The third kappa shape index (κ3) is 1.54. The van der Waals surface area contributed by atoms with Gasteiger partial charge in [0, 0.05) is 5.54 Å². The third-order valence-electron chi connectivity index (χ3n) is 3.45. The standard InChI is InChI=1S/C9H17N.ClH/c10-9(6-3-7-9)8-4-1-2-5-8;/h8H,1-7,10H2;1H. The van der Waals surface area contributed by atoms with Gasteiger partial charge in [-0.2, -0.15) is 0 Å². The molecule has 0 saturated heterocycles. The molecule has 1 nitrogen and oxygen atoms in total. The Morgan fingerprint density at radius 1 is 1.00 bits per heavy atom. The van der Waals surface area contributed by atoms with Gasteiger partial charge < -0.3 is 5.73 Å². The Balaban J connectivity index is 0.000000605. The summed E-state index contributed by atoms with van der Waals surface area (Å²) in [6.07, 6.45) is 9.68. The minimum Gasteiger partial charge on any atom is -0.325 e. The van der Waals surface area contributed by atoms with E-state index in [9.17, 15) is 0 Å². The summed E-state index contributed by atoms with van der Waals surface area (Å²) in [7, 11) is 0. The molecule has 0 atom stereocenters. The van der Waals surface area contributed by atoms with Gasteiger partial charge in [-0.1, -0.05) is 12.8 Å². The minimum atomic E-state index is 0. The lowest BCUT2D eigenvalue weighted by Crippen LogP contribution is -2.51. The van der Waals surface area contributed by atoms with Crippen molar-refractivity contribution in [3.63, 3.8) is 0 Å². The molecular formula is C9H18ClN. The van der Waals surface area contributed by atoms with Crippen molar-refractivity contribution >= 4 is 12.4 Å². The molecule has 0 amide bonds. The SMILES string of the molecule is Cl.NC1(C2CCCC2)CCC1. The average Bonchev–Trinajstić information content (AvgIpc) is 2.33. The van der Waals surface area contributed by atoms with Crippen LogP contribution in [0.1, 0.15) is 44.9 Å². The number of halogens is 1. The summed E-state index contributed by atoms with van der Waals surface area (Å²) < 4.78 is 0. The van der Waals surface area contributed by atoms with Crippen LogP contribution in [0, 0.1) is 5.92 Å². The van der Waals surface area contributed by atoms with Crippen LogP contribution in [0.4, 0.5) is 0 Å². The molecule has 0 aromatic carbocycles. The molecule has 0 aromatic rings. The lowest BCUT2D eigenvalue weighted by atomic mass is 9.68. The van der Waals surface area contributed by atoms with E-state index >= 15 is 0 Å². The second kappa shape index (κ2) is 3.32. The van der Waals surface area contributed by atoms with E-state index in [1.54, 1.807) is 0 Å². The van der Waals surface area contributed by atoms with Crippen molar-refractivity contribution in [1.29, 1.82) is 0 Å². The van der Waals surface area contributed by atoms with Crippen LogP contribution in [0.15, 0.2) is 0 Å². The van der Waals surface area contributed by atoms with Gasteiger partial charge in [-0.25, -0.2) is 0 Å². The van der Waals surface area contributed by atoms with Crippen molar-refractivity contribution in [1.82, 2.24) is 0 Å². The van der Waals surface area contributed by atoms with Crippen LogP contribution < -0.4 is 5.73 Å². The molecule has 2 aliphatic rings. The van der Waals surface area contributed by atoms with Crippen LogP contribution in [0.2, 0.25) is 0 Å². The molecule has 2 heteroatoms. The summed E-state index contributed by atoms with van der Waals surface area (Å²) in [5.74, 6) is 0.890. The Labute approximate surface area is 75.1 Å². The first-order valence-electron chi connectivity index (χ1n) is 4.60. The molecule has 2 aliphatic carbocycles. The molecule has 2 N–H and O–H groups in total. The van der Waals surface area contributed by atoms with Crippen molar-refractivity contribution in [3.05, 3.63) is 0 Å². The van der Waals surface area contributed by atoms with E-state index < -0.39 is 0 Å². The number of nitrogens with two attached hydrogens (primary N) is 1. The van der Waals surface area contributed by atoms with Gasteiger partial charge in [0.1, 0.15) is 0 Å². The summed E-state index contributed by atoms with van der Waals surface area (Å²) >= 11 is 0. The first-order valence-corrected chi connectivity index (χ1v) is 4.60. The molecule has 2 saturated carbocycles. The predicted molar refractivity (Wildman–Crippen MR) is 50.0 cm³/mol. The highest BCUT2D eigenvalue weighted by Crippen LogP contribution is 2.43. The summed E-state index contributed by atoms with van der Waals surface area (Å²) in [5.41, 5.74) is 6.51. The van der Waals surface area contributed by atoms with Crippen molar-refractivity contribution in [2.24, 2.45) is 11.7 Å². The zero-order valence-corrected chi connectivity index (χ0v) is 7.83. The highest BCUT2D eigenvalue weighted by Gasteiger charge is 2.40.